The third kappa shape index (κ3) is 3.23. The van der Waals surface area contributed by atoms with Crippen LogP contribution in [0.25, 0.3) is 4.96 Å². The summed E-state index contributed by atoms with van der Waals surface area (Å²) in [7, 11) is 0. The van der Waals surface area contributed by atoms with Crippen LogP contribution < -0.4 is 10.9 Å². The number of hydrogen-bond donors (Lipinski definition) is 1. The molecule has 5 nitrogen and oxygen atoms in total. The third-order valence-electron chi connectivity index (χ3n) is 4.52. The molecule has 2 aromatic heterocycles. The van der Waals surface area contributed by atoms with Gasteiger partial charge in [-0.1, -0.05) is 0 Å². The number of anilines is 1. The molecule has 0 spiro atoms. The molecule has 0 unspecified atom stereocenters. The molecule has 1 aliphatic rings. The molecule has 3 aromatic rings. The Morgan fingerprint density at radius 3 is 2.56 bits per heavy atom. The molecule has 1 aromatic carbocycles. The number of aryl methyl sites for hydroxylation is 2. The average molecular weight is 393 g/mol. The Hall–Kier alpha value is -2.68. The van der Waals surface area contributed by atoms with E-state index in [2.05, 4.69) is 10.3 Å². The van der Waals surface area contributed by atoms with Gasteiger partial charge >= 0.3 is 6.18 Å². The standard InChI is InChI=1S/C18H14F3N3O2S/c19-18(20,21)10-5-7-11(8-6-10)23-15(25)12-9-22-17-24(16(12)26)13-3-1-2-4-14(13)27-17/h5-9H,1-4H2,(H,23,25). The Kier molecular flexibility index (Phi) is 4.26. The molecule has 2 heterocycles. The highest BCUT2D eigenvalue weighted by Gasteiger charge is 2.30. The van der Waals surface area contributed by atoms with Crippen molar-refractivity contribution in [2.24, 2.45) is 0 Å². The van der Waals surface area contributed by atoms with E-state index in [1.165, 1.54) is 21.9 Å². The number of alkyl halides is 3. The maximum atomic E-state index is 12.8. The topological polar surface area (TPSA) is 63.5 Å². The molecule has 1 aliphatic carbocycles. The first kappa shape index (κ1) is 17.7. The predicted molar refractivity (Wildman–Crippen MR) is 95.4 cm³/mol. The van der Waals surface area contributed by atoms with Crippen molar-refractivity contribution in [1.29, 1.82) is 0 Å². The number of carbonyl (C=O) groups excluding carboxylic acids is 1. The van der Waals surface area contributed by atoms with Crippen molar-refractivity contribution in [2.75, 3.05) is 5.32 Å². The van der Waals surface area contributed by atoms with Crippen molar-refractivity contribution in [1.82, 2.24) is 9.38 Å². The number of halogens is 3. The van der Waals surface area contributed by atoms with Gasteiger partial charge in [0.2, 0.25) is 0 Å². The Morgan fingerprint density at radius 2 is 1.85 bits per heavy atom. The maximum Gasteiger partial charge on any atom is 0.416 e. The Balaban J connectivity index is 1.65. The van der Waals surface area contributed by atoms with E-state index >= 15 is 0 Å². The number of rotatable bonds is 2. The van der Waals surface area contributed by atoms with Crippen LogP contribution in [0, 0.1) is 0 Å². The quantitative estimate of drug-likeness (QED) is 0.718. The summed E-state index contributed by atoms with van der Waals surface area (Å²) >= 11 is 1.46. The van der Waals surface area contributed by atoms with Gasteiger partial charge in [-0.25, -0.2) is 4.98 Å². The zero-order chi connectivity index (χ0) is 19.2. The minimum atomic E-state index is -4.45. The normalized spacial score (nSPS) is 14.2. The van der Waals surface area contributed by atoms with Gasteiger partial charge in [-0.3, -0.25) is 14.0 Å². The number of carbonyl (C=O) groups is 1. The molecule has 0 saturated carbocycles. The zero-order valence-electron chi connectivity index (χ0n) is 14.0. The van der Waals surface area contributed by atoms with E-state index in [0.29, 0.717) is 4.96 Å². The number of benzene rings is 1. The molecule has 27 heavy (non-hydrogen) atoms. The summed E-state index contributed by atoms with van der Waals surface area (Å²) in [6.07, 6.45) is 0.479. The van der Waals surface area contributed by atoms with Gasteiger partial charge < -0.3 is 5.32 Å². The Morgan fingerprint density at radius 1 is 1.15 bits per heavy atom. The third-order valence-corrected chi connectivity index (χ3v) is 5.67. The largest absolute Gasteiger partial charge is 0.416 e. The van der Waals surface area contributed by atoms with Crippen LogP contribution in [0.1, 0.15) is 39.3 Å². The summed E-state index contributed by atoms with van der Waals surface area (Å²) in [5.74, 6) is -0.697. The van der Waals surface area contributed by atoms with E-state index < -0.39 is 23.2 Å². The first-order valence-electron chi connectivity index (χ1n) is 8.35. The highest BCUT2D eigenvalue weighted by Crippen LogP contribution is 2.30. The van der Waals surface area contributed by atoms with Crippen LogP contribution in [-0.4, -0.2) is 15.3 Å². The van der Waals surface area contributed by atoms with Gasteiger partial charge in [0.15, 0.2) is 4.96 Å². The zero-order valence-corrected chi connectivity index (χ0v) is 14.8. The molecule has 140 valence electrons. The summed E-state index contributed by atoms with van der Waals surface area (Å²) in [5.41, 5.74) is -0.330. The first-order valence-corrected chi connectivity index (χ1v) is 9.17. The minimum absolute atomic E-state index is 0.140. The molecular formula is C18H14F3N3O2S. The molecule has 4 rings (SSSR count). The number of thiazole rings is 1. The number of amides is 1. The van der Waals surface area contributed by atoms with E-state index in [9.17, 15) is 22.8 Å². The van der Waals surface area contributed by atoms with Crippen LogP contribution in [-0.2, 0) is 19.0 Å². The molecule has 0 bridgehead atoms. The number of hydrogen-bond acceptors (Lipinski definition) is 4. The van der Waals surface area contributed by atoms with Gasteiger partial charge in [-0.15, -0.1) is 11.3 Å². The van der Waals surface area contributed by atoms with E-state index in [4.69, 9.17) is 0 Å². The molecule has 0 fully saturated rings. The van der Waals surface area contributed by atoms with Crippen molar-refractivity contribution < 1.29 is 18.0 Å². The molecule has 0 aliphatic heterocycles. The Bertz CT molecular complexity index is 1080. The highest BCUT2D eigenvalue weighted by atomic mass is 32.1. The Labute approximate surface area is 155 Å². The van der Waals surface area contributed by atoms with Crippen molar-refractivity contribution in [3.05, 3.63) is 62.5 Å². The van der Waals surface area contributed by atoms with Crippen molar-refractivity contribution in [2.45, 2.75) is 31.9 Å². The van der Waals surface area contributed by atoms with Gasteiger partial charge in [0, 0.05) is 22.5 Å². The van der Waals surface area contributed by atoms with Crippen LogP contribution in [0.4, 0.5) is 18.9 Å². The lowest BCUT2D eigenvalue weighted by Crippen LogP contribution is -2.27. The molecule has 1 amide bonds. The molecular weight excluding hydrogens is 379 g/mol. The fourth-order valence-corrected chi connectivity index (χ4v) is 4.33. The molecule has 0 radical (unpaired) electrons. The second kappa shape index (κ2) is 6.49. The van der Waals surface area contributed by atoms with Gasteiger partial charge in [0.25, 0.3) is 11.5 Å². The number of nitrogens with zero attached hydrogens (tertiary/aromatic N) is 2. The molecule has 0 atom stereocenters. The van der Waals surface area contributed by atoms with Crippen molar-refractivity contribution >= 4 is 27.9 Å². The van der Waals surface area contributed by atoms with Crippen LogP contribution in [0.2, 0.25) is 0 Å². The highest BCUT2D eigenvalue weighted by molar-refractivity contribution is 7.17. The van der Waals surface area contributed by atoms with Gasteiger partial charge in [-0.05, 0) is 49.9 Å². The molecule has 9 heteroatoms. The van der Waals surface area contributed by atoms with Crippen LogP contribution in [0.15, 0.2) is 35.3 Å². The van der Waals surface area contributed by atoms with Gasteiger partial charge in [0.05, 0.1) is 5.56 Å². The van der Waals surface area contributed by atoms with E-state index in [0.717, 1.165) is 60.5 Å². The second-order valence-corrected chi connectivity index (χ2v) is 7.37. The van der Waals surface area contributed by atoms with Crippen LogP contribution in [0.5, 0.6) is 0 Å². The van der Waals surface area contributed by atoms with Crippen LogP contribution >= 0.6 is 11.3 Å². The number of nitrogens with one attached hydrogen (secondary N) is 1. The van der Waals surface area contributed by atoms with Crippen molar-refractivity contribution in [3.8, 4) is 0 Å². The lowest BCUT2D eigenvalue weighted by atomic mass is 10.0. The molecule has 1 N–H and O–H groups in total. The monoisotopic (exact) mass is 393 g/mol. The summed E-state index contributed by atoms with van der Waals surface area (Å²) in [5, 5.41) is 2.46. The molecule has 0 saturated heterocycles. The van der Waals surface area contributed by atoms with Crippen LogP contribution in [0.3, 0.4) is 0 Å². The van der Waals surface area contributed by atoms with E-state index in [1.807, 2.05) is 0 Å². The number of aromatic nitrogens is 2. The SMILES string of the molecule is O=C(Nc1ccc(C(F)(F)F)cc1)c1cnc2sc3c(n2c1=O)CCCC3. The summed E-state index contributed by atoms with van der Waals surface area (Å²) < 4.78 is 39.3. The van der Waals surface area contributed by atoms with Gasteiger partial charge in [-0.2, -0.15) is 13.2 Å². The van der Waals surface area contributed by atoms with Gasteiger partial charge in [0.1, 0.15) is 5.56 Å². The predicted octanol–water partition coefficient (Wildman–Crippen LogP) is 3.91. The fourth-order valence-electron chi connectivity index (χ4n) is 3.17. The smallest absolute Gasteiger partial charge is 0.322 e. The second-order valence-electron chi connectivity index (χ2n) is 6.30. The van der Waals surface area contributed by atoms with Crippen molar-refractivity contribution in [3.63, 3.8) is 0 Å². The maximum absolute atomic E-state index is 12.8. The number of fused-ring (bicyclic) bond motifs is 3. The lowest BCUT2D eigenvalue weighted by Gasteiger charge is -2.11. The summed E-state index contributed by atoms with van der Waals surface area (Å²) in [6, 6.07) is 4.05. The average Bonchev–Trinajstić information content (AvgIpc) is 3.01. The fraction of sp³-hybridized carbons (Fsp3) is 0.278. The first-order chi connectivity index (χ1) is 12.8. The van der Waals surface area contributed by atoms with E-state index in [-0.39, 0.29) is 11.3 Å². The lowest BCUT2D eigenvalue weighted by molar-refractivity contribution is -0.137. The summed E-state index contributed by atoms with van der Waals surface area (Å²) in [4.78, 5) is 31.2. The minimum Gasteiger partial charge on any atom is -0.322 e. The summed E-state index contributed by atoms with van der Waals surface area (Å²) in [6.45, 7) is 0. The van der Waals surface area contributed by atoms with E-state index in [1.54, 1.807) is 0 Å².